The van der Waals surface area contributed by atoms with Crippen molar-refractivity contribution in [1.29, 1.82) is 0 Å². The van der Waals surface area contributed by atoms with Gasteiger partial charge in [0, 0.05) is 11.6 Å². The van der Waals surface area contributed by atoms with E-state index in [-0.39, 0.29) is 46.7 Å². The average molecular weight is 408 g/mol. The predicted molar refractivity (Wildman–Crippen MR) is 116 cm³/mol. The molecule has 1 aliphatic rings. The highest BCUT2D eigenvalue weighted by Crippen LogP contribution is 2.46. The highest BCUT2D eigenvalue weighted by molar-refractivity contribution is 6.03. The largest absolute Gasteiger partial charge is 0.508 e. The third-order valence-electron chi connectivity index (χ3n) is 5.47. The van der Waals surface area contributed by atoms with Crippen molar-refractivity contribution < 1.29 is 24.9 Å². The fourth-order valence-electron chi connectivity index (χ4n) is 3.68. The molecule has 0 aliphatic carbocycles. The molecule has 0 saturated heterocycles. The van der Waals surface area contributed by atoms with Crippen LogP contribution in [0.5, 0.6) is 23.0 Å². The number of Topliss-reactive ketones (excluding diaryl/α,β-unsaturated/α-hetero) is 1. The van der Waals surface area contributed by atoms with Crippen LogP contribution in [0.25, 0.3) is 0 Å². The number of carbonyl (C=O) groups is 1. The third kappa shape index (κ3) is 4.51. The summed E-state index contributed by atoms with van der Waals surface area (Å²) in [6, 6.07) is 7.69. The highest BCUT2D eigenvalue weighted by atomic mass is 16.5. The minimum Gasteiger partial charge on any atom is -0.508 e. The second-order valence-electron chi connectivity index (χ2n) is 8.19. The molecule has 158 valence electrons. The average Bonchev–Trinajstić information content (AvgIpc) is 2.66. The van der Waals surface area contributed by atoms with Crippen molar-refractivity contribution in [3.63, 3.8) is 0 Å². The lowest BCUT2D eigenvalue weighted by Crippen LogP contribution is -2.22. The lowest BCUT2D eigenvalue weighted by molar-refractivity contribution is 0.0841. The predicted octanol–water partition coefficient (Wildman–Crippen LogP) is 5.60. The van der Waals surface area contributed by atoms with Gasteiger partial charge in [-0.3, -0.25) is 4.79 Å². The molecule has 30 heavy (non-hydrogen) atoms. The molecule has 0 saturated carbocycles. The molecule has 2 aromatic carbocycles. The number of aromatic hydroxyl groups is 3. The molecule has 0 bridgehead atoms. The lowest BCUT2D eigenvalue weighted by atomic mass is 9.86. The van der Waals surface area contributed by atoms with Crippen molar-refractivity contribution in [2.45, 2.75) is 46.1 Å². The van der Waals surface area contributed by atoms with E-state index in [1.807, 2.05) is 20.8 Å². The molecule has 3 N–H and O–H groups in total. The van der Waals surface area contributed by atoms with Gasteiger partial charge in [0.2, 0.25) is 0 Å². The van der Waals surface area contributed by atoms with E-state index in [4.69, 9.17) is 4.74 Å². The second kappa shape index (κ2) is 8.66. The summed E-state index contributed by atoms with van der Waals surface area (Å²) in [4.78, 5) is 12.9. The van der Waals surface area contributed by atoms with Crippen molar-refractivity contribution in [2.75, 3.05) is 0 Å². The van der Waals surface area contributed by atoms with Crippen molar-refractivity contribution >= 4 is 5.78 Å². The van der Waals surface area contributed by atoms with Gasteiger partial charge in [-0.25, -0.2) is 0 Å². The number of ketones is 1. The molecular weight excluding hydrogens is 380 g/mol. The van der Waals surface area contributed by atoms with Crippen molar-refractivity contribution in [3.05, 3.63) is 70.8 Å². The summed E-state index contributed by atoms with van der Waals surface area (Å²) in [6.07, 6.45) is 2.81. The van der Waals surface area contributed by atoms with E-state index >= 15 is 0 Å². The van der Waals surface area contributed by atoms with Gasteiger partial charge in [-0.05, 0) is 57.2 Å². The number of hydrogen-bond acceptors (Lipinski definition) is 5. The monoisotopic (exact) mass is 408 g/mol. The molecule has 0 unspecified atom stereocenters. The van der Waals surface area contributed by atoms with Gasteiger partial charge < -0.3 is 20.1 Å². The van der Waals surface area contributed by atoms with Gasteiger partial charge in [-0.2, -0.15) is 0 Å². The first-order valence-corrected chi connectivity index (χ1v) is 10.0. The van der Waals surface area contributed by atoms with Gasteiger partial charge in [0.05, 0.1) is 6.42 Å². The molecule has 0 radical (unpaired) electrons. The first-order valence-electron chi connectivity index (χ1n) is 10.0. The standard InChI is InChI=1S/C25H28O5/c1-14(2)5-6-17(15(3)4)11-19-20(27)12-21(28)24-22(29)13-23(30-25(19)24)16-7-9-18(26)10-8-16/h5,7-10,12,17,23,26-28H,3,6,11,13H2,1-2,4H3/t17-,23-/m0/s1. The SMILES string of the molecule is C=C(C)[C@@H](CC=C(C)C)Cc1c(O)cc(O)c2c1O[C@H](c1ccc(O)cc1)CC2=O. The second-order valence-corrected chi connectivity index (χ2v) is 8.19. The number of hydrogen-bond donors (Lipinski definition) is 3. The molecule has 0 aromatic heterocycles. The van der Waals surface area contributed by atoms with Crippen LogP contribution >= 0.6 is 0 Å². The molecule has 2 aromatic rings. The summed E-state index contributed by atoms with van der Waals surface area (Å²) in [5.41, 5.74) is 3.50. The Labute approximate surface area is 177 Å². The first kappa shape index (κ1) is 21.5. The van der Waals surface area contributed by atoms with Crippen molar-refractivity contribution in [2.24, 2.45) is 5.92 Å². The smallest absolute Gasteiger partial charge is 0.174 e. The summed E-state index contributed by atoms with van der Waals surface area (Å²) in [5, 5.41) is 30.5. The van der Waals surface area contributed by atoms with Gasteiger partial charge in [0.25, 0.3) is 0 Å². The van der Waals surface area contributed by atoms with Crippen molar-refractivity contribution in [1.82, 2.24) is 0 Å². The Morgan fingerprint density at radius 3 is 2.43 bits per heavy atom. The van der Waals surface area contributed by atoms with E-state index in [0.717, 1.165) is 17.6 Å². The number of rotatable bonds is 6. The molecule has 0 fully saturated rings. The summed E-state index contributed by atoms with van der Waals surface area (Å²) >= 11 is 0. The number of allylic oxidation sites excluding steroid dienone is 3. The Morgan fingerprint density at radius 2 is 1.83 bits per heavy atom. The molecule has 1 heterocycles. The van der Waals surface area contributed by atoms with Gasteiger partial charge in [-0.1, -0.05) is 35.9 Å². The number of ether oxygens (including phenoxy) is 1. The van der Waals surface area contributed by atoms with Crippen LogP contribution in [0.1, 0.15) is 61.2 Å². The minimum absolute atomic E-state index is 0.0483. The summed E-state index contributed by atoms with van der Waals surface area (Å²) in [6.45, 7) is 10.1. The third-order valence-corrected chi connectivity index (χ3v) is 5.47. The van der Waals surface area contributed by atoms with Crippen LogP contribution in [0.2, 0.25) is 0 Å². The van der Waals surface area contributed by atoms with Gasteiger partial charge in [0.15, 0.2) is 5.78 Å². The molecule has 3 rings (SSSR count). The van der Waals surface area contributed by atoms with Crippen LogP contribution < -0.4 is 4.74 Å². The maximum absolute atomic E-state index is 12.9. The van der Waals surface area contributed by atoms with E-state index in [1.54, 1.807) is 12.1 Å². The van der Waals surface area contributed by atoms with Crippen LogP contribution in [0, 0.1) is 5.92 Å². The normalized spacial score (nSPS) is 16.4. The van der Waals surface area contributed by atoms with Gasteiger partial charge in [-0.15, -0.1) is 0 Å². The van der Waals surface area contributed by atoms with E-state index in [0.29, 0.717) is 12.0 Å². The van der Waals surface area contributed by atoms with Crippen LogP contribution in [0.15, 0.2) is 54.1 Å². The molecular formula is C25H28O5. The molecule has 2 atom stereocenters. The molecule has 0 spiro atoms. The Bertz CT molecular complexity index is 997. The van der Waals surface area contributed by atoms with E-state index in [1.165, 1.54) is 23.8 Å². The summed E-state index contributed by atoms with van der Waals surface area (Å²) in [7, 11) is 0. The van der Waals surface area contributed by atoms with E-state index < -0.39 is 6.10 Å². The Kier molecular flexibility index (Phi) is 6.20. The minimum atomic E-state index is -0.563. The maximum Gasteiger partial charge on any atom is 0.174 e. The number of fused-ring (bicyclic) bond motifs is 1. The van der Waals surface area contributed by atoms with E-state index in [2.05, 4.69) is 12.7 Å². The highest BCUT2D eigenvalue weighted by Gasteiger charge is 2.34. The van der Waals surface area contributed by atoms with Crippen LogP contribution in [0.3, 0.4) is 0 Å². The molecule has 0 amide bonds. The zero-order chi connectivity index (χ0) is 22.0. The van der Waals surface area contributed by atoms with Crippen LogP contribution in [0.4, 0.5) is 0 Å². The van der Waals surface area contributed by atoms with E-state index in [9.17, 15) is 20.1 Å². The Hall–Kier alpha value is -3.21. The summed E-state index contributed by atoms with van der Waals surface area (Å²) in [5.74, 6) is -0.229. The number of carbonyl (C=O) groups excluding carboxylic acids is 1. The quantitative estimate of drug-likeness (QED) is 0.542. The topological polar surface area (TPSA) is 87.0 Å². The van der Waals surface area contributed by atoms with Crippen LogP contribution in [-0.4, -0.2) is 21.1 Å². The zero-order valence-corrected chi connectivity index (χ0v) is 17.6. The first-order chi connectivity index (χ1) is 14.2. The number of phenols is 3. The Morgan fingerprint density at radius 1 is 1.17 bits per heavy atom. The number of benzene rings is 2. The molecule has 5 nitrogen and oxygen atoms in total. The van der Waals surface area contributed by atoms with Gasteiger partial charge in [0.1, 0.15) is 34.7 Å². The molecule has 1 aliphatic heterocycles. The maximum atomic E-state index is 12.9. The zero-order valence-electron chi connectivity index (χ0n) is 17.6. The lowest BCUT2D eigenvalue weighted by Gasteiger charge is -2.29. The van der Waals surface area contributed by atoms with Crippen molar-refractivity contribution in [3.8, 4) is 23.0 Å². The number of phenolic OH excluding ortho intramolecular Hbond substituents is 3. The van der Waals surface area contributed by atoms with Crippen LogP contribution in [-0.2, 0) is 6.42 Å². The fourth-order valence-corrected chi connectivity index (χ4v) is 3.68. The molecule has 5 heteroatoms. The Balaban J connectivity index is 2.03. The fraction of sp³-hybridized carbons (Fsp3) is 0.320. The summed E-state index contributed by atoms with van der Waals surface area (Å²) < 4.78 is 6.16. The van der Waals surface area contributed by atoms with Gasteiger partial charge >= 0.3 is 0 Å².